The predicted octanol–water partition coefficient (Wildman–Crippen LogP) is 6.73. The van der Waals surface area contributed by atoms with Gasteiger partial charge in [-0.25, -0.2) is 0 Å². The normalized spacial score (nSPS) is 11.0. The fraction of sp³-hybridized carbons (Fsp3) is 0.619. The molecule has 21 heavy (non-hydrogen) atoms. The second kappa shape index (κ2) is 11.6. The van der Waals surface area contributed by atoms with Crippen LogP contribution in [0.5, 0.6) is 0 Å². The second-order valence-electron chi connectivity index (χ2n) is 6.72. The van der Waals surface area contributed by atoms with Gasteiger partial charge in [-0.2, -0.15) is 0 Å². The maximum atomic E-state index is 3.81. The van der Waals surface area contributed by atoms with Gasteiger partial charge < -0.3 is 0 Å². The number of allylic oxidation sites excluding steroid dienone is 1. The zero-order valence-electron chi connectivity index (χ0n) is 14.2. The van der Waals surface area contributed by atoms with Crippen LogP contribution >= 0.6 is 0 Å². The van der Waals surface area contributed by atoms with Gasteiger partial charge in [-0.15, -0.1) is 6.58 Å². The number of unbranched alkanes of at least 4 members (excludes halogenated alkanes) is 6. The highest BCUT2D eigenvalue weighted by molar-refractivity contribution is 5.24. The van der Waals surface area contributed by atoms with Crippen LogP contribution in [-0.2, 0) is 12.8 Å². The molecule has 1 aromatic rings. The van der Waals surface area contributed by atoms with Gasteiger partial charge in [0.2, 0.25) is 0 Å². The van der Waals surface area contributed by atoms with Crippen LogP contribution in [0.2, 0.25) is 0 Å². The minimum atomic E-state index is 0.877. The van der Waals surface area contributed by atoms with Gasteiger partial charge in [0.05, 0.1) is 0 Å². The summed E-state index contributed by atoms with van der Waals surface area (Å²) in [7, 11) is 0. The van der Waals surface area contributed by atoms with Crippen molar-refractivity contribution in [2.24, 2.45) is 5.92 Å². The van der Waals surface area contributed by atoms with Gasteiger partial charge in [-0.3, -0.25) is 0 Å². The average molecular weight is 287 g/mol. The zero-order chi connectivity index (χ0) is 15.3. The van der Waals surface area contributed by atoms with E-state index in [1.54, 1.807) is 0 Å². The molecule has 0 saturated heterocycles. The van der Waals surface area contributed by atoms with Crippen molar-refractivity contribution in [3.63, 3.8) is 0 Å². The predicted molar refractivity (Wildman–Crippen MR) is 95.8 cm³/mol. The maximum absolute atomic E-state index is 3.81. The molecule has 0 heterocycles. The topological polar surface area (TPSA) is 0 Å². The van der Waals surface area contributed by atoms with E-state index in [1.807, 2.05) is 6.08 Å². The highest BCUT2D eigenvalue weighted by Crippen LogP contribution is 2.14. The standard InChI is InChI=1S/C21H34/c1-4-13-20-16-12-17-21(18-20)15-11-9-7-5-6-8-10-14-19(2)3/h4,12,16-19H,1,5-11,13-15H2,2-3H3. The van der Waals surface area contributed by atoms with Crippen molar-refractivity contribution in [1.29, 1.82) is 0 Å². The zero-order valence-corrected chi connectivity index (χ0v) is 14.2. The summed E-state index contributed by atoms with van der Waals surface area (Å²) in [6, 6.07) is 8.98. The average Bonchev–Trinajstić information content (AvgIpc) is 2.46. The molecular weight excluding hydrogens is 252 g/mol. The maximum Gasteiger partial charge on any atom is -0.0100 e. The molecule has 0 atom stereocenters. The SMILES string of the molecule is C=CCc1cccc(CCCCCCCCCC(C)C)c1. The molecule has 1 rings (SSSR count). The first kappa shape index (κ1) is 18.0. The molecule has 118 valence electrons. The van der Waals surface area contributed by atoms with Crippen LogP contribution in [0.25, 0.3) is 0 Å². The summed E-state index contributed by atoms with van der Waals surface area (Å²) in [6.45, 7) is 8.46. The Morgan fingerprint density at radius 3 is 2.19 bits per heavy atom. The van der Waals surface area contributed by atoms with Gasteiger partial charge in [-0.05, 0) is 36.3 Å². The molecule has 0 aliphatic rings. The van der Waals surface area contributed by atoms with E-state index >= 15 is 0 Å². The van der Waals surface area contributed by atoms with Crippen molar-refractivity contribution in [2.75, 3.05) is 0 Å². The van der Waals surface area contributed by atoms with Crippen LogP contribution in [0.3, 0.4) is 0 Å². The third-order valence-corrected chi connectivity index (χ3v) is 4.12. The summed E-state index contributed by atoms with van der Waals surface area (Å²) >= 11 is 0. The number of aryl methyl sites for hydroxylation is 1. The molecule has 0 aliphatic carbocycles. The summed E-state index contributed by atoms with van der Waals surface area (Å²) in [4.78, 5) is 0. The Morgan fingerprint density at radius 2 is 1.52 bits per heavy atom. The van der Waals surface area contributed by atoms with Crippen LogP contribution < -0.4 is 0 Å². The minimum absolute atomic E-state index is 0.877. The van der Waals surface area contributed by atoms with E-state index in [2.05, 4.69) is 44.7 Å². The fourth-order valence-corrected chi connectivity index (χ4v) is 2.84. The fourth-order valence-electron chi connectivity index (χ4n) is 2.84. The van der Waals surface area contributed by atoms with Crippen molar-refractivity contribution >= 4 is 0 Å². The molecule has 0 spiro atoms. The van der Waals surface area contributed by atoms with Crippen LogP contribution in [0.4, 0.5) is 0 Å². The van der Waals surface area contributed by atoms with Gasteiger partial charge in [0.1, 0.15) is 0 Å². The highest BCUT2D eigenvalue weighted by Gasteiger charge is 1.97. The Kier molecular flexibility index (Phi) is 9.95. The minimum Gasteiger partial charge on any atom is -0.103 e. The lowest BCUT2D eigenvalue weighted by atomic mass is 10.0. The Balaban J connectivity index is 2.01. The summed E-state index contributed by atoms with van der Waals surface area (Å²) in [5, 5.41) is 0. The van der Waals surface area contributed by atoms with Gasteiger partial charge in [-0.1, -0.05) is 89.1 Å². The Labute approximate surface area is 132 Å². The lowest BCUT2D eigenvalue weighted by molar-refractivity contribution is 0.509. The van der Waals surface area contributed by atoms with Crippen LogP contribution in [0, 0.1) is 5.92 Å². The lowest BCUT2D eigenvalue weighted by Crippen LogP contribution is -1.89. The number of hydrogen-bond acceptors (Lipinski definition) is 0. The summed E-state index contributed by atoms with van der Waals surface area (Å²) in [5.74, 6) is 0.877. The Morgan fingerprint density at radius 1 is 0.905 bits per heavy atom. The first-order chi connectivity index (χ1) is 10.2. The molecule has 0 fully saturated rings. The van der Waals surface area contributed by atoms with Gasteiger partial charge >= 0.3 is 0 Å². The summed E-state index contributed by atoms with van der Waals surface area (Å²) < 4.78 is 0. The largest absolute Gasteiger partial charge is 0.103 e. The molecule has 0 nitrogen and oxygen atoms in total. The molecular formula is C21H34. The highest BCUT2D eigenvalue weighted by atomic mass is 14.0. The van der Waals surface area contributed by atoms with Crippen LogP contribution in [0.1, 0.15) is 76.3 Å². The molecule has 0 heteroatoms. The smallest absolute Gasteiger partial charge is 0.0100 e. The van der Waals surface area contributed by atoms with E-state index in [-0.39, 0.29) is 0 Å². The molecule has 0 bridgehead atoms. The molecule has 0 amide bonds. The van der Waals surface area contributed by atoms with Gasteiger partial charge in [0.25, 0.3) is 0 Å². The molecule has 1 aromatic carbocycles. The van der Waals surface area contributed by atoms with Crippen molar-refractivity contribution in [3.8, 4) is 0 Å². The van der Waals surface area contributed by atoms with E-state index in [0.29, 0.717) is 0 Å². The monoisotopic (exact) mass is 286 g/mol. The number of rotatable bonds is 12. The van der Waals surface area contributed by atoms with Crippen molar-refractivity contribution in [1.82, 2.24) is 0 Å². The molecule has 0 aliphatic heterocycles. The number of hydrogen-bond donors (Lipinski definition) is 0. The third kappa shape index (κ3) is 9.50. The molecule has 0 aromatic heterocycles. The van der Waals surface area contributed by atoms with E-state index in [9.17, 15) is 0 Å². The Bertz CT molecular complexity index is 375. The molecule has 0 unspecified atom stereocenters. The summed E-state index contributed by atoms with van der Waals surface area (Å²) in [5.41, 5.74) is 2.89. The quantitative estimate of drug-likeness (QED) is 0.295. The van der Waals surface area contributed by atoms with Crippen molar-refractivity contribution < 1.29 is 0 Å². The van der Waals surface area contributed by atoms with Crippen LogP contribution in [-0.4, -0.2) is 0 Å². The van der Waals surface area contributed by atoms with E-state index in [0.717, 1.165) is 12.3 Å². The molecule has 0 N–H and O–H groups in total. The first-order valence-corrected chi connectivity index (χ1v) is 8.91. The molecule has 0 radical (unpaired) electrons. The van der Waals surface area contributed by atoms with Crippen LogP contribution in [0.15, 0.2) is 36.9 Å². The van der Waals surface area contributed by atoms with Crippen molar-refractivity contribution in [2.45, 2.75) is 78.1 Å². The van der Waals surface area contributed by atoms with Gasteiger partial charge in [0.15, 0.2) is 0 Å². The van der Waals surface area contributed by atoms with E-state index in [4.69, 9.17) is 0 Å². The lowest BCUT2D eigenvalue weighted by Gasteiger charge is -2.05. The Hall–Kier alpha value is -1.04. The molecule has 0 saturated carbocycles. The van der Waals surface area contributed by atoms with Crippen molar-refractivity contribution in [3.05, 3.63) is 48.0 Å². The first-order valence-electron chi connectivity index (χ1n) is 8.91. The third-order valence-electron chi connectivity index (χ3n) is 4.12. The van der Waals surface area contributed by atoms with Gasteiger partial charge in [0, 0.05) is 0 Å². The van der Waals surface area contributed by atoms with E-state index < -0.39 is 0 Å². The second-order valence-corrected chi connectivity index (χ2v) is 6.72. The number of benzene rings is 1. The van der Waals surface area contributed by atoms with E-state index in [1.165, 1.54) is 68.9 Å². The summed E-state index contributed by atoms with van der Waals surface area (Å²) in [6.07, 6.45) is 15.5.